The summed E-state index contributed by atoms with van der Waals surface area (Å²) in [5.74, 6) is 0.527. The standard InChI is InChI=1S/C22H32F3N3O2/c1-2-30-21(29)17-27-10-7-18(8-11-27)6-9-26-12-14-28(15-13-26)20-5-3-4-19(16-20)22(23,24)25/h3-5,16,18H,2,6-15,17H2,1H3. The minimum absolute atomic E-state index is 0.144. The van der Waals surface area contributed by atoms with Crippen LogP contribution in [0.1, 0.15) is 31.7 Å². The Balaban J connectivity index is 1.36. The molecule has 0 bridgehead atoms. The molecule has 0 unspecified atom stereocenters. The predicted molar refractivity (Wildman–Crippen MR) is 111 cm³/mol. The van der Waals surface area contributed by atoms with Crippen LogP contribution < -0.4 is 4.90 Å². The van der Waals surface area contributed by atoms with Crippen molar-refractivity contribution >= 4 is 11.7 Å². The number of esters is 1. The van der Waals surface area contributed by atoms with Crippen molar-refractivity contribution in [3.63, 3.8) is 0 Å². The molecule has 2 aliphatic rings. The smallest absolute Gasteiger partial charge is 0.416 e. The molecule has 0 amide bonds. The Morgan fingerprint density at radius 2 is 1.77 bits per heavy atom. The summed E-state index contributed by atoms with van der Waals surface area (Å²) in [6.45, 7) is 8.78. The van der Waals surface area contributed by atoms with E-state index in [0.29, 0.717) is 24.8 Å². The molecule has 3 rings (SSSR count). The minimum Gasteiger partial charge on any atom is -0.465 e. The summed E-state index contributed by atoms with van der Waals surface area (Å²) in [6, 6.07) is 5.62. The van der Waals surface area contributed by atoms with Crippen LogP contribution in [0.4, 0.5) is 18.9 Å². The molecule has 0 N–H and O–H groups in total. The summed E-state index contributed by atoms with van der Waals surface area (Å²) in [5, 5.41) is 0. The number of halogens is 3. The number of piperazine rings is 1. The lowest BCUT2D eigenvalue weighted by atomic mass is 9.93. The summed E-state index contributed by atoms with van der Waals surface area (Å²) in [7, 11) is 0. The van der Waals surface area contributed by atoms with Gasteiger partial charge in [0.05, 0.1) is 18.7 Å². The SMILES string of the molecule is CCOC(=O)CN1CCC(CCN2CCN(c3cccc(C(F)(F)F)c3)CC2)CC1. The van der Waals surface area contributed by atoms with E-state index in [1.54, 1.807) is 6.07 Å². The summed E-state index contributed by atoms with van der Waals surface area (Å²) >= 11 is 0. The van der Waals surface area contributed by atoms with Gasteiger partial charge >= 0.3 is 12.1 Å². The number of hydrogen-bond donors (Lipinski definition) is 0. The summed E-state index contributed by atoms with van der Waals surface area (Å²) in [6.07, 6.45) is -0.965. The molecule has 0 radical (unpaired) electrons. The topological polar surface area (TPSA) is 36.0 Å². The Morgan fingerprint density at radius 3 is 2.40 bits per heavy atom. The number of nitrogens with zero attached hydrogens (tertiary/aromatic N) is 3. The van der Waals surface area contributed by atoms with E-state index < -0.39 is 11.7 Å². The van der Waals surface area contributed by atoms with Gasteiger partial charge < -0.3 is 9.64 Å². The Hall–Kier alpha value is -1.80. The quantitative estimate of drug-likeness (QED) is 0.623. The van der Waals surface area contributed by atoms with Gasteiger partial charge in [-0.25, -0.2) is 0 Å². The molecule has 1 aromatic carbocycles. The Kier molecular flexibility index (Phi) is 7.99. The molecule has 1 aromatic rings. The van der Waals surface area contributed by atoms with Gasteiger partial charge in [0.15, 0.2) is 0 Å². The highest BCUT2D eigenvalue weighted by molar-refractivity contribution is 5.71. The minimum atomic E-state index is -4.30. The molecule has 2 fully saturated rings. The zero-order valence-corrected chi connectivity index (χ0v) is 17.7. The number of anilines is 1. The van der Waals surface area contributed by atoms with E-state index in [1.807, 2.05) is 11.8 Å². The fraction of sp³-hybridized carbons (Fsp3) is 0.682. The average molecular weight is 428 g/mol. The molecular formula is C22H32F3N3O2. The van der Waals surface area contributed by atoms with Crippen LogP contribution >= 0.6 is 0 Å². The van der Waals surface area contributed by atoms with Crippen LogP contribution in [0.15, 0.2) is 24.3 Å². The Labute approximate surface area is 176 Å². The normalized spacial score (nSPS) is 19.8. The van der Waals surface area contributed by atoms with Gasteiger partial charge in [0.1, 0.15) is 0 Å². The van der Waals surface area contributed by atoms with E-state index in [1.165, 1.54) is 12.1 Å². The van der Waals surface area contributed by atoms with Gasteiger partial charge in [0, 0.05) is 31.9 Å². The van der Waals surface area contributed by atoms with Crippen molar-refractivity contribution in [1.29, 1.82) is 0 Å². The van der Waals surface area contributed by atoms with Crippen LogP contribution in [0.2, 0.25) is 0 Å². The zero-order chi connectivity index (χ0) is 21.6. The Morgan fingerprint density at radius 1 is 1.07 bits per heavy atom. The van der Waals surface area contributed by atoms with Gasteiger partial charge in [0.25, 0.3) is 0 Å². The molecular weight excluding hydrogens is 395 g/mol. The van der Waals surface area contributed by atoms with E-state index in [2.05, 4.69) is 9.80 Å². The number of piperidine rings is 1. The molecule has 168 valence electrons. The second-order valence-corrected chi connectivity index (χ2v) is 8.19. The van der Waals surface area contributed by atoms with Gasteiger partial charge in [-0.2, -0.15) is 13.2 Å². The van der Waals surface area contributed by atoms with Crippen molar-refractivity contribution in [3.05, 3.63) is 29.8 Å². The zero-order valence-electron chi connectivity index (χ0n) is 17.7. The molecule has 2 saturated heterocycles. The van der Waals surface area contributed by atoms with Gasteiger partial charge in [0.2, 0.25) is 0 Å². The van der Waals surface area contributed by atoms with Crippen molar-refractivity contribution < 1.29 is 22.7 Å². The number of alkyl halides is 3. The highest BCUT2D eigenvalue weighted by Gasteiger charge is 2.31. The number of likely N-dealkylation sites (tertiary alicyclic amines) is 1. The first-order valence-corrected chi connectivity index (χ1v) is 10.9. The highest BCUT2D eigenvalue weighted by Crippen LogP contribution is 2.32. The number of rotatable bonds is 7. The van der Waals surface area contributed by atoms with Crippen molar-refractivity contribution in [2.75, 3.05) is 63.9 Å². The average Bonchev–Trinajstić information content (AvgIpc) is 2.73. The summed E-state index contributed by atoms with van der Waals surface area (Å²) in [4.78, 5) is 18.2. The lowest BCUT2D eigenvalue weighted by molar-refractivity contribution is -0.144. The molecule has 0 spiro atoms. The lowest BCUT2D eigenvalue weighted by Gasteiger charge is -2.37. The van der Waals surface area contributed by atoms with Crippen LogP contribution in [0, 0.1) is 5.92 Å². The molecule has 0 aliphatic carbocycles. The first kappa shape index (κ1) is 22.9. The Bertz CT molecular complexity index is 682. The molecule has 0 aromatic heterocycles. The fourth-order valence-corrected chi connectivity index (χ4v) is 4.30. The van der Waals surface area contributed by atoms with Crippen LogP contribution in [-0.4, -0.2) is 74.7 Å². The van der Waals surface area contributed by atoms with E-state index in [0.717, 1.165) is 71.1 Å². The first-order chi connectivity index (χ1) is 14.3. The van der Waals surface area contributed by atoms with E-state index in [9.17, 15) is 18.0 Å². The molecule has 0 atom stereocenters. The summed E-state index contributed by atoms with van der Waals surface area (Å²) < 4.78 is 43.8. The maximum absolute atomic E-state index is 12.9. The second-order valence-electron chi connectivity index (χ2n) is 8.19. The fourth-order valence-electron chi connectivity index (χ4n) is 4.30. The predicted octanol–water partition coefficient (Wildman–Crippen LogP) is 3.49. The molecule has 30 heavy (non-hydrogen) atoms. The maximum Gasteiger partial charge on any atom is 0.416 e. The summed E-state index contributed by atoms with van der Waals surface area (Å²) in [5.41, 5.74) is 0.0650. The van der Waals surface area contributed by atoms with E-state index in [4.69, 9.17) is 4.74 Å². The molecule has 2 aliphatic heterocycles. The first-order valence-electron chi connectivity index (χ1n) is 10.9. The second kappa shape index (κ2) is 10.5. The van der Waals surface area contributed by atoms with E-state index in [-0.39, 0.29) is 5.97 Å². The van der Waals surface area contributed by atoms with Crippen molar-refractivity contribution in [1.82, 2.24) is 9.80 Å². The third-order valence-corrected chi connectivity index (χ3v) is 6.13. The van der Waals surface area contributed by atoms with Crippen molar-refractivity contribution in [2.24, 2.45) is 5.92 Å². The lowest BCUT2D eigenvalue weighted by Crippen LogP contribution is -2.47. The number of ether oxygens (including phenoxy) is 1. The largest absolute Gasteiger partial charge is 0.465 e. The van der Waals surface area contributed by atoms with Gasteiger partial charge in [-0.3, -0.25) is 14.6 Å². The number of carbonyl (C=O) groups is 1. The van der Waals surface area contributed by atoms with Gasteiger partial charge in [-0.15, -0.1) is 0 Å². The highest BCUT2D eigenvalue weighted by atomic mass is 19.4. The van der Waals surface area contributed by atoms with Crippen LogP contribution in [-0.2, 0) is 15.7 Å². The number of hydrogen-bond acceptors (Lipinski definition) is 5. The molecule has 2 heterocycles. The molecule has 0 saturated carbocycles. The monoisotopic (exact) mass is 427 g/mol. The third kappa shape index (κ3) is 6.60. The number of carbonyl (C=O) groups excluding carboxylic acids is 1. The van der Waals surface area contributed by atoms with Crippen molar-refractivity contribution in [2.45, 2.75) is 32.4 Å². The molecule has 5 nitrogen and oxygen atoms in total. The van der Waals surface area contributed by atoms with Crippen LogP contribution in [0.5, 0.6) is 0 Å². The van der Waals surface area contributed by atoms with E-state index >= 15 is 0 Å². The van der Waals surface area contributed by atoms with Crippen LogP contribution in [0.3, 0.4) is 0 Å². The maximum atomic E-state index is 12.9. The molecule has 8 heteroatoms. The van der Waals surface area contributed by atoms with Gasteiger partial charge in [-0.05, 0) is 69.9 Å². The number of benzene rings is 1. The van der Waals surface area contributed by atoms with Gasteiger partial charge in [-0.1, -0.05) is 6.07 Å². The van der Waals surface area contributed by atoms with Crippen molar-refractivity contribution in [3.8, 4) is 0 Å². The third-order valence-electron chi connectivity index (χ3n) is 6.13. The van der Waals surface area contributed by atoms with Crippen LogP contribution in [0.25, 0.3) is 0 Å².